The van der Waals surface area contributed by atoms with Crippen LogP contribution >= 0.6 is 7.81 Å². The Labute approximate surface area is 300 Å². The molecule has 0 saturated carbocycles. The summed E-state index contributed by atoms with van der Waals surface area (Å²) in [5.74, 6) is -0.156. The topological polar surface area (TPSA) is 39.4 Å². The minimum absolute atomic E-state index is 0.206. The van der Waals surface area contributed by atoms with E-state index in [9.17, 15) is 30.0 Å². The molecular formula is C39H70F6NO3P. The summed E-state index contributed by atoms with van der Waals surface area (Å²) in [6, 6.07) is 4.32. The number of aryl methyl sites for hydroxylation is 3. The van der Waals surface area contributed by atoms with Crippen molar-refractivity contribution < 1.29 is 44.0 Å². The van der Waals surface area contributed by atoms with Gasteiger partial charge in [-0.15, -0.1) is 0 Å². The van der Waals surface area contributed by atoms with Crippen LogP contribution in [0.2, 0.25) is 0 Å². The van der Waals surface area contributed by atoms with Gasteiger partial charge in [-0.1, -0.05) is 149 Å². The van der Waals surface area contributed by atoms with Crippen LogP contribution < -0.4 is 4.57 Å². The van der Waals surface area contributed by atoms with Gasteiger partial charge in [0.25, 0.3) is 0 Å². The fourth-order valence-corrected chi connectivity index (χ4v) is 6.02. The third-order valence-electron chi connectivity index (χ3n) is 8.79. The molecule has 0 amide bonds. The fraction of sp³-hybridized carbons (Fsp3) is 0.795. The van der Waals surface area contributed by atoms with Crippen molar-refractivity contribution in [2.24, 2.45) is 5.92 Å². The Morgan fingerprint density at radius 1 is 0.600 bits per heavy atom. The number of unbranched alkanes of at least 4 members (excludes halogenated alkanes) is 20. The molecule has 1 atom stereocenters. The van der Waals surface area contributed by atoms with Gasteiger partial charge >= 0.3 is 39.0 Å². The van der Waals surface area contributed by atoms with Gasteiger partial charge in [-0.2, -0.15) is 4.57 Å². The molecule has 0 aliphatic rings. The number of carbonyl (C=O) groups is 1. The van der Waals surface area contributed by atoms with Gasteiger partial charge in [0.15, 0.2) is 23.9 Å². The van der Waals surface area contributed by atoms with Crippen molar-refractivity contribution in [2.45, 2.75) is 182 Å². The first-order chi connectivity index (χ1) is 23.3. The Morgan fingerprint density at radius 2 is 0.900 bits per heavy atom. The molecule has 0 bridgehead atoms. The van der Waals surface area contributed by atoms with Crippen molar-refractivity contribution in [1.29, 1.82) is 0 Å². The maximum absolute atomic E-state index is 13.3. The van der Waals surface area contributed by atoms with Crippen LogP contribution in [0, 0.1) is 26.7 Å². The number of rotatable bonds is 29. The summed E-state index contributed by atoms with van der Waals surface area (Å²) in [7, 11) is -10.7. The van der Waals surface area contributed by atoms with Crippen molar-refractivity contribution in [3.05, 3.63) is 41.4 Å². The second kappa shape index (κ2) is 25.2. The molecule has 296 valence electrons. The monoisotopic (exact) mass is 745 g/mol. The number of esters is 1. The average molecular weight is 746 g/mol. The van der Waals surface area contributed by atoms with E-state index in [0.717, 1.165) is 30.7 Å². The van der Waals surface area contributed by atoms with Gasteiger partial charge in [-0.25, -0.2) is 0 Å². The zero-order chi connectivity index (χ0) is 38.0. The van der Waals surface area contributed by atoms with Crippen LogP contribution in [-0.2, 0) is 20.8 Å². The van der Waals surface area contributed by atoms with Crippen LogP contribution in [-0.4, -0.2) is 19.2 Å². The summed E-state index contributed by atoms with van der Waals surface area (Å²) in [4.78, 5) is 13.3. The average Bonchev–Trinajstić information content (AvgIpc) is 3.00. The predicted octanol–water partition coefficient (Wildman–Crippen LogP) is 14.6. The molecule has 0 aliphatic carbocycles. The van der Waals surface area contributed by atoms with E-state index in [0.29, 0.717) is 25.5 Å². The number of hydrogen-bond donors (Lipinski definition) is 0. The molecule has 11 heteroatoms. The molecule has 0 aromatic carbocycles. The molecule has 0 N–H and O–H groups in total. The van der Waals surface area contributed by atoms with E-state index < -0.39 is 13.7 Å². The van der Waals surface area contributed by atoms with E-state index in [-0.39, 0.29) is 5.97 Å². The second-order valence-electron chi connectivity index (χ2n) is 14.0. The standard InChI is InChI=1S/C39H70NO3.F6P/c1-7-9-11-13-15-17-19-21-23-25-27-29-42-37(6)38(33-40-35(4)31-34(3)32-36(40)5)39(41)43-30-28-26-24-22-20-18-16-14-12-10-8-2;1-7(2,3,4,5)6/h31-32,38H,6-30,33H2,1-5H3;/q+1;-1. The molecule has 0 spiro atoms. The molecule has 1 aromatic rings. The van der Waals surface area contributed by atoms with Crippen LogP contribution in [0.5, 0.6) is 0 Å². The molecular weight excluding hydrogens is 675 g/mol. The molecule has 1 rings (SSSR count). The van der Waals surface area contributed by atoms with E-state index >= 15 is 0 Å². The quantitative estimate of drug-likeness (QED) is 0.0205. The van der Waals surface area contributed by atoms with Gasteiger partial charge in [-0.3, -0.25) is 4.79 Å². The van der Waals surface area contributed by atoms with Crippen molar-refractivity contribution in [1.82, 2.24) is 0 Å². The van der Waals surface area contributed by atoms with Gasteiger partial charge in [0.2, 0.25) is 0 Å². The Morgan fingerprint density at radius 3 is 1.24 bits per heavy atom. The van der Waals surface area contributed by atoms with Crippen LogP contribution in [0.15, 0.2) is 24.5 Å². The first kappa shape index (κ1) is 48.2. The van der Waals surface area contributed by atoms with Crippen LogP contribution in [0.3, 0.4) is 0 Å². The molecule has 1 heterocycles. The first-order valence-electron chi connectivity index (χ1n) is 19.4. The molecule has 0 aliphatic heterocycles. The molecule has 4 nitrogen and oxygen atoms in total. The first-order valence-corrected chi connectivity index (χ1v) is 21.4. The van der Waals surface area contributed by atoms with Crippen molar-refractivity contribution >= 4 is 13.8 Å². The van der Waals surface area contributed by atoms with E-state index in [2.05, 4.69) is 57.9 Å². The van der Waals surface area contributed by atoms with Crippen molar-refractivity contribution in [2.75, 3.05) is 13.2 Å². The number of carbonyl (C=O) groups excluding carboxylic acids is 1. The third-order valence-corrected chi connectivity index (χ3v) is 8.79. The van der Waals surface area contributed by atoms with Crippen LogP contribution in [0.1, 0.15) is 172 Å². The second-order valence-corrected chi connectivity index (χ2v) is 15.9. The number of halogens is 6. The van der Waals surface area contributed by atoms with E-state index in [1.807, 2.05) is 0 Å². The van der Waals surface area contributed by atoms with Crippen LogP contribution in [0.4, 0.5) is 25.2 Å². The third kappa shape index (κ3) is 32.1. The molecule has 0 fully saturated rings. The number of hydrogen-bond acceptors (Lipinski definition) is 3. The maximum atomic E-state index is 13.3. The van der Waals surface area contributed by atoms with Crippen LogP contribution in [0.25, 0.3) is 0 Å². The number of pyridine rings is 1. The van der Waals surface area contributed by atoms with E-state index in [1.165, 1.54) is 128 Å². The Kier molecular flexibility index (Phi) is 24.3. The number of aromatic nitrogens is 1. The predicted molar refractivity (Wildman–Crippen MR) is 197 cm³/mol. The van der Waals surface area contributed by atoms with Crippen molar-refractivity contribution in [3.63, 3.8) is 0 Å². The molecule has 50 heavy (non-hydrogen) atoms. The zero-order valence-corrected chi connectivity index (χ0v) is 32.9. The summed E-state index contributed by atoms with van der Waals surface area (Å²) >= 11 is 0. The van der Waals surface area contributed by atoms with Gasteiger partial charge in [0.05, 0.1) is 13.2 Å². The minimum atomic E-state index is -10.7. The Hall–Kier alpha value is -1.83. The van der Waals surface area contributed by atoms with E-state index in [1.54, 1.807) is 0 Å². The number of ether oxygens (including phenoxy) is 2. The fourth-order valence-electron chi connectivity index (χ4n) is 6.02. The Bertz CT molecular complexity index is 992. The zero-order valence-electron chi connectivity index (χ0n) is 32.0. The van der Waals surface area contributed by atoms with Gasteiger partial charge in [0, 0.05) is 26.0 Å². The number of nitrogens with zero attached hydrogens (tertiary/aromatic N) is 1. The molecule has 0 radical (unpaired) electrons. The summed E-state index contributed by atoms with van der Waals surface area (Å²) in [6.45, 7) is 16.7. The van der Waals surface area contributed by atoms with Crippen molar-refractivity contribution in [3.8, 4) is 0 Å². The SMILES string of the molecule is C=C(OCCCCCCCCCCCCC)C(C[n+]1c(C)cc(C)cc1C)C(=O)OCCCCCCCCCCCCC.F[P-](F)(F)(F)(F)F. The summed E-state index contributed by atoms with van der Waals surface area (Å²) in [5, 5.41) is 0. The van der Waals surface area contributed by atoms with E-state index in [4.69, 9.17) is 9.47 Å². The normalized spacial score (nSPS) is 13.5. The van der Waals surface area contributed by atoms with Gasteiger partial charge < -0.3 is 9.47 Å². The molecule has 0 saturated heterocycles. The Balaban J connectivity index is 0.00000308. The van der Waals surface area contributed by atoms with Gasteiger partial charge in [0.1, 0.15) is 5.76 Å². The summed E-state index contributed by atoms with van der Waals surface area (Å²) in [5.41, 5.74) is 3.51. The molecule has 1 unspecified atom stereocenters. The summed E-state index contributed by atoms with van der Waals surface area (Å²) < 4.78 is 73.3. The van der Waals surface area contributed by atoms with Gasteiger partial charge in [-0.05, 0) is 25.3 Å². The molecule has 1 aromatic heterocycles. The summed E-state index contributed by atoms with van der Waals surface area (Å²) in [6.07, 6.45) is 28.4.